The van der Waals surface area contributed by atoms with Crippen molar-refractivity contribution in [1.29, 1.82) is 0 Å². The van der Waals surface area contributed by atoms with Crippen LogP contribution < -0.4 is 5.32 Å². The molecular weight excluding hydrogens is 374 g/mol. The largest absolute Gasteiger partial charge is 0.421 e. The first kappa shape index (κ1) is 18.1. The first-order chi connectivity index (χ1) is 13.7. The molecule has 4 rings (SSSR count). The molecule has 0 aliphatic carbocycles. The van der Waals surface area contributed by atoms with Gasteiger partial charge in [0.1, 0.15) is 5.82 Å². The summed E-state index contributed by atoms with van der Waals surface area (Å²) >= 11 is 1.57. The van der Waals surface area contributed by atoms with E-state index in [1.54, 1.807) is 16.0 Å². The van der Waals surface area contributed by atoms with E-state index in [-0.39, 0.29) is 12.3 Å². The van der Waals surface area contributed by atoms with Crippen LogP contribution in [0.5, 0.6) is 0 Å². The Morgan fingerprint density at radius 3 is 2.86 bits per heavy atom. The zero-order chi connectivity index (χ0) is 19.3. The average molecular weight is 393 g/mol. The van der Waals surface area contributed by atoms with Gasteiger partial charge in [-0.25, -0.2) is 4.68 Å². The van der Waals surface area contributed by atoms with Gasteiger partial charge in [0.05, 0.1) is 12.2 Å². The molecule has 0 saturated heterocycles. The molecule has 7 nitrogen and oxygen atoms in total. The third-order valence-electron chi connectivity index (χ3n) is 4.15. The molecule has 1 aromatic carbocycles. The maximum absolute atomic E-state index is 12.4. The van der Waals surface area contributed by atoms with Crippen LogP contribution in [0.4, 0.5) is 5.82 Å². The summed E-state index contributed by atoms with van der Waals surface area (Å²) in [4.78, 5) is 12.4. The van der Waals surface area contributed by atoms with Crippen LogP contribution in [0.25, 0.3) is 11.5 Å². The van der Waals surface area contributed by atoms with Crippen molar-refractivity contribution < 1.29 is 9.21 Å². The normalized spacial score (nSPS) is 10.9. The fourth-order valence-electron chi connectivity index (χ4n) is 2.81. The lowest BCUT2D eigenvalue weighted by atomic mass is 10.2. The van der Waals surface area contributed by atoms with Gasteiger partial charge in [-0.3, -0.25) is 4.79 Å². The Labute approximate surface area is 166 Å². The summed E-state index contributed by atoms with van der Waals surface area (Å²) in [6, 6.07) is 13.8. The van der Waals surface area contributed by atoms with Gasteiger partial charge in [-0.1, -0.05) is 30.3 Å². The number of thiophene rings is 1. The van der Waals surface area contributed by atoms with Crippen LogP contribution in [-0.4, -0.2) is 25.9 Å². The fraction of sp³-hybridized carbons (Fsp3) is 0.200. The first-order valence-corrected chi connectivity index (χ1v) is 9.85. The van der Waals surface area contributed by atoms with E-state index < -0.39 is 0 Å². The number of carbonyl (C=O) groups is 1. The summed E-state index contributed by atoms with van der Waals surface area (Å²) in [6.45, 7) is 2.50. The Kier molecular flexibility index (Phi) is 5.29. The van der Waals surface area contributed by atoms with Gasteiger partial charge in [-0.2, -0.15) is 16.4 Å². The molecule has 0 unspecified atom stereocenters. The van der Waals surface area contributed by atoms with E-state index >= 15 is 0 Å². The second-order valence-electron chi connectivity index (χ2n) is 6.38. The van der Waals surface area contributed by atoms with Crippen LogP contribution in [0.1, 0.15) is 23.6 Å². The molecule has 142 valence electrons. The van der Waals surface area contributed by atoms with E-state index in [0.29, 0.717) is 30.6 Å². The second-order valence-corrected chi connectivity index (χ2v) is 7.16. The third-order valence-corrected chi connectivity index (χ3v) is 4.83. The van der Waals surface area contributed by atoms with E-state index in [0.717, 1.165) is 16.8 Å². The number of aromatic nitrogens is 4. The molecular formula is C20H19N5O2S. The van der Waals surface area contributed by atoms with Crippen molar-refractivity contribution in [2.75, 3.05) is 5.32 Å². The maximum Gasteiger partial charge on any atom is 0.248 e. The summed E-state index contributed by atoms with van der Waals surface area (Å²) in [5, 5.41) is 19.3. The minimum Gasteiger partial charge on any atom is -0.421 e. The van der Waals surface area contributed by atoms with Crippen LogP contribution in [0.3, 0.4) is 0 Å². The topological polar surface area (TPSA) is 85.8 Å². The van der Waals surface area contributed by atoms with Crippen LogP contribution in [-0.2, 0) is 17.8 Å². The third kappa shape index (κ3) is 4.34. The van der Waals surface area contributed by atoms with Crippen LogP contribution in [0, 0.1) is 6.92 Å². The lowest BCUT2D eigenvalue weighted by molar-refractivity contribution is -0.116. The Morgan fingerprint density at radius 2 is 2.07 bits per heavy atom. The highest BCUT2D eigenvalue weighted by Gasteiger charge is 2.13. The Hall–Kier alpha value is -3.26. The highest BCUT2D eigenvalue weighted by atomic mass is 32.1. The van der Waals surface area contributed by atoms with Gasteiger partial charge in [0, 0.05) is 29.9 Å². The number of amides is 1. The highest BCUT2D eigenvalue weighted by Crippen LogP contribution is 2.21. The lowest BCUT2D eigenvalue weighted by Gasteiger charge is -2.08. The predicted octanol–water partition coefficient (Wildman–Crippen LogP) is 3.92. The van der Waals surface area contributed by atoms with Gasteiger partial charge in [0.25, 0.3) is 0 Å². The number of hydrogen-bond acceptors (Lipinski definition) is 6. The van der Waals surface area contributed by atoms with Crippen molar-refractivity contribution in [3.8, 4) is 11.5 Å². The molecule has 1 N–H and O–H groups in total. The molecule has 0 spiro atoms. The van der Waals surface area contributed by atoms with Crippen molar-refractivity contribution >= 4 is 23.1 Å². The van der Waals surface area contributed by atoms with Crippen LogP contribution >= 0.6 is 11.3 Å². The second kappa shape index (κ2) is 8.18. The Bertz CT molecular complexity index is 1050. The molecule has 0 atom stereocenters. The van der Waals surface area contributed by atoms with E-state index in [9.17, 15) is 4.79 Å². The van der Waals surface area contributed by atoms with Gasteiger partial charge >= 0.3 is 0 Å². The summed E-state index contributed by atoms with van der Waals surface area (Å²) < 4.78 is 7.42. The molecule has 1 amide bonds. The number of carbonyl (C=O) groups excluding carboxylic acids is 1. The minimum atomic E-state index is -0.121. The monoisotopic (exact) mass is 393 g/mol. The van der Waals surface area contributed by atoms with E-state index in [1.807, 2.05) is 60.1 Å². The summed E-state index contributed by atoms with van der Waals surface area (Å²) in [5.74, 6) is 1.49. The zero-order valence-corrected chi connectivity index (χ0v) is 16.1. The molecule has 28 heavy (non-hydrogen) atoms. The van der Waals surface area contributed by atoms with E-state index in [1.165, 1.54) is 0 Å². The van der Waals surface area contributed by atoms with Crippen molar-refractivity contribution in [1.82, 2.24) is 20.0 Å². The molecule has 0 bridgehead atoms. The molecule has 0 aliphatic heterocycles. The van der Waals surface area contributed by atoms with Crippen molar-refractivity contribution in [3.05, 3.63) is 70.4 Å². The molecule has 0 saturated carbocycles. The number of aryl methyl sites for hydroxylation is 2. The molecule has 3 aromatic heterocycles. The average Bonchev–Trinajstić information content (AvgIpc) is 3.42. The van der Waals surface area contributed by atoms with Gasteiger partial charge in [-0.05, 0) is 23.9 Å². The maximum atomic E-state index is 12.4. The predicted molar refractivity (Wildman–Crippen MR) is 107 cm³/mol. The first-order valence-electron chi connectivity index (χ1n) is 8.90. The number of nitrogens with one attached hydrogen (secondary N) is 1. The summed E-state index contributed by atoms with van der Waals surface area (Å²) in [6.07, 6.45) is 0.635. The van der Waals surface area contributed by atoms with Crippen molar-refractivity contribution in [3.63, 3.8) is 0 Å². The Morgan fingerprint density at radius 1 is 1.21 bits per heavy atom. The smallest absolute Gasteiger partial charge is 0.248 e. The lowest BCUT2D eigenvalue weighted by Crippen LogP contribution is -2.16. The molecule has 4 aromatic rings. The summed E-state index contributed by atoms with van der Waals surface area (Å²) in [5.41, 5.74) is 2.87. The van der Waals surface area contributed by atoms with Crippen molar-refractivity contribution in [2.45, 2.75) is 26.3 Å². The standard InChI is InChI=1S/C20H19N5O2S/c1-14-11-17(25(24-14)12-15-5-3-2-4-6-15)21-18(26)7-8-19-22-23-20(27-19)16-9-10-28-13-16/h2-6,9-11,13H,7-8,12H2,1H3,(H,21,26). The fourth-order valence-corrected chi connectivity index (χ4v) is 3.44. The zero-order valence-electron chi connectivity index (χ0n) is 15.3. The van der Waals surface area contributed by atoms with Crippen LogP contribution in [0.15, 0.2) is 57.6 Å². The van der Waals surface area contributed by atoms with Gasteiger partial charge in [-0.15, -0.1) is 10.2 Å². The molecule has 0 aliphatic rings. The van der Waals surface area contributed by atoms with E-state index in [2.05, 4.69) is 20.6 Å². The SMILES string of the molecule is Cc1cc(NC(=O)CCc2nnc(-c3ccsc3)o2)n(Cc2ccccc2)n1. The molecule has 0 fully saturated rings. The molecule has 0 radical (unpaired) electrons. The molecule has 8 heteroatoms. The highest BCUT2D eigenvalue weighted by molar-refractivity contribution is 7.08. The van der Waals surface area contributed by atoms with Crippen molar-refractivity contribution in [2.24, 2.45) is 0 Å². The number of anilines is 1. The Balaban J connectivity index is 1.36. The quantitative estimate of drug-likeness (QED) is 0.514. The van der Waals surface area contributed by atoms with Crippen LogP contribution in [0.2, 0.25) is 0 Å². The van der Waals surface area contributed by atoms with Gasteiger partial charge < -0.3 is 9.73 Å². The van der Waals surface area contributed by atoms with Gasteiger partial charge in [0.15, 0.2) is 0 Å². The van der Waals surface area contributed by atoms with E-state index in [4.69, 9.17) is 4.42 Å². The number of rotatable bonds is 7. The number of benzene rings is 1. The summed E-state index contributed by atoms with van der Waals surface area (Å²) in [7, 11) is 0. The molecule has 3 heterocycles. The number of hydrogen-bond donors (Lipinski definition) is 1. The van der Waals surface area contributed by atoms with Gasteiger partial charge in [0.2, 0.25) is 17.7 Å². The number of nitrogens with zero attached hydrogens (tertiary/aromatic N) is 4. The minimum absolute atomic E-state index is 0.121.